The van der Waals surface area contributed by atoms with Crippen LogP contribution in [0.1, 0.15) is 35.0 Å². The molecule has 1 aromatic heterocycles. The van der Waals surface area contributed by atoms with Crippen LogP contribution in [0.4, 0.5) is 0 Å². The Bertz CT molecular complexity index is 940. The SMILES string of the molecule is CCCOc1ccc(C(=O)N/N=C/c2c(C)n(C)c3ccccc23)cc1. The highest BCUT2D eigenvalue weighted by Crippen LogP contribution is 2.23. The molecule has 26 heavy (non-hydrogen) atoms. The molecule has 1 N–H and O–H groups in total. The van der Waals surface area contributed by atoms with Gasteiger partial charge in [-0.3, -0.25) is 4.79 Å². The van der Waals surface area contributed by atoms with Gasteiger partial charge in [0.25, 0.3) is 5.91 Å². The first-order chi connectivity index (χ1) is 12.6. The summed E-state index contributed by atoms with van der Waals surface area (Å²) in [6, 6.07) is 15.2. The van der Waals surface area contributed by atoms with Gasteiger partial charge in [-0.15, -0.1) is 0 Å². The van der Waals surface area contributed by atoms with E-state index in [0.29, 0.717) is 12.2 Å². The van der Waals surface area contributed by atoms with E-state index in [2.05, 4.69) is 34.2 Å². The van der Waals surface area contributed by atoms with Gasteiger partial charge in [0.1, 0.15) is 5.75 Å². The van der Waals surface area contributed by atoms with Gasteiger partial charge in [-0.05, 0) is 43.7 Å². The molecule has 0 atom stereocenters. The highest BCUT2D eigenvalue weighted by Gasteiger charge is 2.10. The second-order valence-corrected chi connectivity index (χ2v) is 6.15. The van der Waals surface area contributed by atoms with Gasteiger partial charge in [0.15, 0.2) is 0 Å². The van der Waals surface area contributed by atoms with Gasteiger partial charge < -0.3 is 9.30 Å². The maximum Gasteiger partial charge on any atom is 0.271 e. The average Bonchev–Trinajstić information content (AvgIpc) is 2.92. The number of nitrogens with one attached hydrogen (secondary N) is 1. The molecule has 0 bridgehead atoms. The zero-order chi connectivity index (χ0) is 18.5. The molecule has 2 aromatic carbocycles. The largest absolute Gasteiger partial charge is 0.494 e. The molecule has 0 radical (unpaired) electrons. The third-order valence-electron chi connectivity index (χ3n) is 4.40. The quantitative estimate of drug-likeness (QED) is 0.539. The number of carbonyl (C=O) groups excluding carboxylic acids is 1. The van der Waals surface area contributed by atoms with E-state index in [1.807, 2.05) is 26.1 Å². The van der Waals surface area contributed by atoms with Crippen molar-refractivity contribution in [3.8, 4) is 5.75 Å². The standard InChI is InChI=1S/C21H23N3O2/c1-4-13-26-17-11-9-16(10-12-17)21(25)23-22-14-19-15(2)24(3)20-8-6-5-7-18(19)20/h5-12,14H,4,13H2,1-3H3,(H,23,25)/b22-14+. The summed E-state index contributed by atoms with van der Waals surface area (Å²) in [6.45, 7) is 4.76. The lowest BCUT2D eigenvalue weighted by molar-refractivity contribution is 0.0955. The van der Waals surface area contributed by atoms with Crippen molar-refractivity contribution < 1.29 is 9.53 Å². The van der Waals surface area contributed by atoms with Crippen LogP contribution < -0.4 is 10.2 Å². The minimum atomic E-state index is -0.249. The number of aryl methyl sites for hydroxylation is 1. The van der Waals surface area contributed by atoms with Crippen molar-refractivity contribution in [3.05, 3.63) is 65.4 Å². The molecule has 3 rings (SSSR count). The molecule has 0 aliphatic heterocycles. The average molecular weight is 349 g/mol. The molecule has 1 amide bonds. The summed E-state index contributed by atoms with van der Waals surface area (Å²) in [7, 11) is 2.02. The van der Waals surface area contributed by atoms with E-state index in [-0.39, 0.29) is 5.91 Å². The number of hydrogen-bond donors (Lipinski definition) is 1. The summed E-state index contributed by atoms with van der Waals surface area (Å²) in [5, 5.41) is 5.26. The van der Waals surface area contributed by atoms with Crippen LogP contribution in [0.3, 0.4) is 0 Å². The van der Waals surface area contributed by atoms with Gasteiger partial charge in [-0.25, -0.2) is 5.43 Å². The van der Waals surface area contributed by atoms with E-state index in [4.69, 9.17) is 4.74 Å². The maximum atomic E-state index is 12.2. The monoisotopic (exact) mass is 349 g/mol. The topological polar surface area (TPSA) is 55.6 Å². The molecule has 0 saturated carbocycles. The zero-order valence-corrected chi connectivity index (χ0v) is 15.3. The van der Waals surface area contributed by atoms with E-state index < -0.39 is 0 Å². The van der Waals surface area contributed by atoms with Gasteiger partial charge in [-0.2, -0.15) is 5.10 Å². The molecule has 0 spiro atoms. The van der Waals surface area contributed by atoms with Crippen LogP contribution in [-0.4, -0.2) is 23.3 Å². The van der Waals surface area contributed by atoms with Gasteiger partial charge >= 0.3 is 0 Å². The smallest absolute Gasteiger partial charge is 0.271 e. The van der Waals surface area contributed by atoms with Crippen LogP contribution in [0.15, 0.2) is 53.6 Å². The Hall–Kier alpha value is -3.08. The number of amides is 1. The van der Waals surface area contributed by atoms with Gasteiger partial charge in [0.05, 0.1) is 12.8 Å². The third-order valence-corrected chi connectivity index (χ3v) is 4.40. The van der Waals surface area contributed by atoms with E-state index in [1.54, 1.807) is 30.5 Å². The van der Waals surface area contributed by atoms with Gasteiger partial charge in [0, 0.05) is 34.8 Å². The van der Waals surface area contributed by atoms with E-state index in [1.165, 1.54) is 0 Å². The molecule has 0 saturated heterocycles. The second-order valence-electron chi connectivity index (χ2n) is 6.15. The molecule has 3 aromatic rings. The number of rotatable bonds is 6. The fraction of sp³-hybridized carbons (Fsp3) is 0.238. The van der Waals surface area contributed by atoms with Crippen molar-refractivity contribution in [3.63, 3.8) is 0 Å². The Kier molecular flexibility index (Phi) is 5.37. The summed E-state index contributed by atoms with van der Waals surface area (Å²) in [5.74, 6) is 0.513. The fourth-order valence-corrected chi connectivity index (χ4v) is 2.86. The van der Waals surface area contributed by atoms with E-state index >= 15 is 0 Å². The first-order valence-electron chi connectivity index (χ1n) is 8.72. The number of ether oxygens (including phenoxy) is 1. The van der Waals surface area contributed by atoms with E-state index in [9.17, 15) is 4.79 Å². The van der Waals surface area contributed by atoms with Crippen molar-refractivity contribution in [2.45, 2.75) is 20.3 Å². The van der Waals surface area contributed by atoms with Gasteiger partial charge in [-0.1, -0.05) is 25.1 Å². The van der Waals surface area contributed by atoms with Crippen molar-refractivity contribution in [2.75, 3.05) is 6.61 Å². The van der Waals surface area contributed by atoms with E-state index in [0.717, 1.165) is 34.3 Å². The number of hydrazone groups is 1. The maximum absolute atomic E-state index is 12.2. The molecule has 134 valence electrons. The van der Waals surface area contributed by atoms with Crippen LogP contribution in [0.25, 0.3) is 10.9 Å². The van der Waals surface area contributed by atoms with Crippen molar-refractivity contribution in [1.29, 1.82) is 0 Å². The minimum Gasteiger partial charge on any atom is -0.494 e. The second kappa shape index (κ2) is 7.87. The van der Waals surface area contributed by atoms with Crippen molar-refractivity contribution >= 4 is 23.0 Å². The lowest BCUT2D eigenvalue weighted by Crippen LogP contribution is -2.17. The minimum absolute atomic E-state index is 0.249. The first kappa shape index (κ1) is 17.7. The molecular formula is C21H23N3O2. The number of aromatic nitrogens is 1. The first-order valence-corrected chi connectivity index (χ1v) is 8.72. The normalized spacial score (nSPS) is 11.2. The Labute approximate surface area is 153 Å². The molecule has 0 fully saturated rings. The predicted octanol–water partition coefficient (Wildman–Crippen LogP) is 4.04. The number of hydrogen-bond acceptors (Lipinski definition) is 3. The summed E-state index contributed by atoms with van der Waals surface area (Å²) in [6.07, 6.45) is 2.65. The summed E-state index contributed by atoms with van der Waals surface area (Å²) < 4.78 is 7.64. The molecule has 0 unspecified atom stereocenters. The Morgan fingerprint density at radius 1 is 1.19 bits per heavy atom. The Morgan fingerprint density at radius 2 is 1.92 bits per heavy atom. The zero-order valence-electron chi connectivity index (χ0n) is 15.3. The number of carbonyl (C=O) groups is 1. The summed E-state index contributed by atoms with van der Waals surface area (Å²) in [5.41, 5.74) is 6.38. The molecular weight excluding hydrogens is 326 g/mol. The molecule has 5 nitrogen and oxygen atoms in total. The number of benzene rings is 2. The lowest BCUT2D eigenvalue weighted by atomic mass is 10.1. The summed E-state index contributed by atoms with van der Waals surface area (Å²) >= 11 is 0. The Morgan fingerprint density at radius 3 is 2.65 bits per heavy atom. The number of nitrogens with zero attached hydrogens (tertiary/aromatic N) is 2. The molecule has 0 aliphatic rings. The number of fused-ring (bicyclic) bond motifs is 1. The lowest BCUT2D eigenvalue weighted by Gasteiger charge is -2.05. The number of para-hydroxylation sites is 1. The van der Waals surface area contributed by atoms with Crippen LogP contribution in [0.2, 0.25) is 0 Å². The highest BCUT2D eigenvalue weighted by atomic mass is 16.5. The van der Waals surface area contributed by atoms with Crippen molar-refractivity contribution in [1.82, 2.24) is 9.99 Å². The third kappa shape index (κ3) is 3.61. The van der Waals surface area contributed by atoms with Crippen LogP contribution in [0, 0.1) is 6.92 Å². The predicted molar refractivity (Wildman–Crippen MR) is 105 cm³/mol. The fourth-order valence-electron chi connectivity index (χ4n) is 2.86. The molecule has 5 heteroatoms. The van der Waals surface area contributed by atoms with Crippen molar-refractivity contribution in [2.24, 2.45) is 12.1 Å². The van der Waals surface area contributed by atoms with Crippen LogP contribution in [0.5, 0.6) is 5.75 Å². The van der Waals surface area contributed by atoms with Gasteiger partial charge in [0.2, 0.25) is 0 Å². The molecule has 0 aliphatic carbocycles. The molecule has 1 heterocycles. The van der Waals surface area contributed by atoms with Crippen LogP contribution >= 0.6 is 0 Å². The summed E-state index contributed by atoms with van der Waals surface area (Å²) in [4.78, 5) is 12.2. The van der Waals surface area contributed by atoms with Crippen LogP contribution in [-0.2, 0) is 7.05 Å². The highest BCUT2D eigenvalue weighted by molar-refractivity contribution is 6.02. The Balaban J connectivity index is 1.71.